The lowest BCUT2D eigenvalue weighted by atomic mass is 10.1. The summed E-state index contributed by atoms with van der Waals surface area (Å²) in [6, 6.07) is 0. The van der Waals surface area contributed by atoms with Crippen molar-refractivity contribution < 1.29 is 0 Å². The number of thioether (sulfide) groups is 1. The van der Waals surface area contributed by atoms with Crippen LogP contribution in [0.15, 0.2) is 16.6 Å². The fourth-order valence-corrected chi connectivity index (χ4v) is 3.52. The number of fused-ring (bicyclic) bond motifs is 1. The highest BCUT2D eigenvalue weighted by Crippen LogP contribution is 2.34. The average Bonchev–Trinajstić information content (AvgIpc) is 2.75. The normalized spacial score (nSPS) is 13.8. The van der Waals surface area contributed by atoms with Crippen LogP contribution < -0.4 is 0 Å². The molecule has 0 aliphatic carbocycles. The maximum atomic E-state index is 4.73. The number of hydrogen-bond acceptors (Lipinski definition) is 3. The van der Waals surface area contributed by atoms with Crippen molar-refractivity contribution in [2.45, 2.75) is 50.3 Å². The molecule has 1 atom stereocenters. The molecule has 0 radical (unpaired) electrons. The van der Waals surface area contributed by atoms with Crippen molar-refractivity contribution in [3.63, 3.8) is 0 Å². The second kappa shape index (κ2) is 4.80. The highest BCUT2D eigenvalue weighted by atomic mass is 32.2. The Morgan fingerprint density at radius 1 is 1.44 bits per heavy atom. The zero-order valence-corrected chi connectivity index (χ0v) is 11.9. The number of rotatable bonds is 4. The van der Waals surface area contributed by atoms with Crippen molar-refractivity contribution in [2.24, 2.45) is 0 Å². The van der Waals surface area contributed by atoms with Crippen LogP contribution in [0, 0.1) is 0 Å². The van der Waals surface area contributed by atoms with Crippen molar-refractivity contribution in [2.75, 3.05) is 0 Å². The minimum Gasteiger partial charge on any atom is -0.293 e. The van der Waals surface area contributed by atoms with Gasteiger partial charge in [-0.1, -0.05) is 27.7 Å². The van der Waals surface area contributed by atoms with Crippen LogP contribution in [0.1, 0.15) is 45.7 Å². The molecule has 0 bridgehead atoms. The molecule has 0 saturated heterocycles. The van der Waals surface area contributed by atoms with E-state index >= 15 is 0 Å². The number of hydrogen-bond donors (Lipinski definition) is 0. The van der Waals surface area contributed by atoms with Gasteiger partial charge in [-0.05, 0) is 12.3 Å². The molecule has 0 saturated carbocycles. The Bertz CT molecular complexity index is 470. The summed E-state index contributed by atoms with van der Waals surface area (Å²) < 4.78 is 2.25. The molecule has 2 heterocycles. The molecule has 2 aromatic heterocycles. The van der Waals surface area contributed by atoms with E-state index in [0.717, 1.165) is 11.4 Å². The second-order valence-corrected chi connectivity index (χ2v) is 6.77. The van der Waals surface area contributed by atoms with Gasteiger partial charge in [-0.15, -0.1) is 23.1 Å². The molecule has 0 aliphatic heterocycles. The summed E-state index contributed by atoms with van der Waals surface area (Å²) in [5.41, 5.74) is 1.39. The SMILES string of the molecule is CCC(C)c1c(SC(C)C)nc2sccn12. The van der Waals surface area contributed by atoms with Gasteiger partial charge < -0.3 is 0 Å². The predicted molar refractivity (Wildman–Crippen MR) is 72.8 cm³/mol. The quantitative estimate of drug-likeness (QED) is 0.752. The molecule has 4 heteroatoms. The fraction of sp³-hybridized carbons (Fsp3) is 0.583. The summed E-state index contributed by atoms with van der Waals surface area (Å²) in [5.74, 6) is 0.575. The van der Waals surface area contributed by atoms with Gasteiger partial charge in [-0.3, -0.25) is 4.40 Å². The van der Waals surface area contributed by atoms with E-state index < -0.39 is 0 Å². The van der Waals surface area contributed by atoms with E-state index in [4.69, 9.17) is 4.98 Å². The summed E-state index contributed by atoms with van der Waals surface area (Å²) in [6.45, 7) is 8.96. The third-order valence-corrected chi connectivity index (χ3v) is 4.44. The number of aromatic nitrogens is 2. The molecule has 0 N–H and O–H groups in total. The van der Waals surface area contributed by atoms with Gasteiger partial charge in [0.05, 0.1) is 5.69 Å². The van der Waals surface area contributed by atoms with Gasteiger partial charge in [0, 0.05) is 16.8 Å². The zero-order chi connectivity index (χ0) is 11.7. The Balaban J connectivity index is 2.49. The number of thiazole rings is 1. The standard InChI is InChI=1S/C12H18N2S2/c1-5-9(4)10-11(16-8(2)3)13-12-14(10)6-7-15-12/h6-9H,5H2,1-4H3. The highest BCUT2D eigenvalue weighted by molar-refractivity contribution is 7.99. The van der Waals surface area contributed by atoms with Gasteiger partial charge in [0.2, 0.25) is 0 Å². The van der Waals surface area contributed by atoms with E-state index in [0.29, 0.717) is 11.2 Å². The van der Waals surface area contributed by atoms with Gasteiger partial charge in [0.15, 0.2) is 4.96 Å². The number of nitrogens with zero attached hydrogens (tertiary/aromatic N) is 2. The molecule has 0 aromatic carbocycles. The Hall–Kier alpha value is -0.480. The van der Waals surface area contributed by atoms with E-state index in [-0.39, 0.29) is 0 Å². The first-order valence-electron chi connectivity index (χ1n) is 5.75. The fourth-order valence-electron chi connectivity index (χ4n) is 1.73. The summed E-state index contributed by atoms with van der Waals surface area (Å²) >= 11 is 3.59. The summed E-state index contributed by atoms with van der Waals surface area (Å²) in [7, 11) is 0. The van der Waals surface area contributed by atoms with Gasteiger partial charge in [0.25, 0.3) is 0 Å². The molecule has 88 valence electrons. The molecular weight excluding hydrogens is 236 g/mol. The zero-order valence-electron chi connectivity index (χ0n) is 10.2. The molecule has 2 nitrogen and oxygen atoms in total. The van der Waals surface area contributed by atoms with Crippen LogP contribution in [0.5, 0.6) is 0 Å². The van der Waals surface area contributed by atoms with Crippen LogP contribution in [-0.4, -0.2) is 14.6 Å². The van der Waals surface area contributed by atoms with Crippen LogP contribution in [0.25, 0.3) is 4.96 Å². The van der Waals surface area contributed by atoms with Crippen LogP contribution >= 0.6 is 23.1 Å². The smallest absolute Gasteiger partial charge is 0.194 e. The molecule has 16 heavy (non-hydrogen) atoms. The van der Waals surface area contributed by atoms with E-state index in [1.165, 1.54) is 10.7 Å². The maximum absolute atomic E-state index is 4.73. The second-order valence-electron chi connectivity index (χ2n) is 4.33. The van der Waals surface area contributed by atoms with Gasteiger partial charge in [-0.25, -0.2) is 4.98 Å². The van der Waals surface area contributed by atoms with Crippen LogP contribution in [-0.2, 0) is 0 Å². The van der Waals surface area contributed by atoms with Crippen LogP contribution in [0.4, 0.5) is 0 Å². The Morgan fingerprint density at radius 3 is 2.81 bits per heavy atom. The molecule has 0 spiro atoms. The first-order chi connectivity index (χ1) is 7.63. The summed E-state index contributed by atoms with van der Waals surface area (Å²) in [4.78, 5) is 5.85. The monoisotopic (exact) mass is 254 g/mol. The molecule has 0 aliphatic rings. The third-order valence-electron chi connectivity index (χ3n) is 2.69. The molecule has 0 fully saturated rings. The van der Waals surface area contributed by atoms with E-state index in [1.54, 1.807) is 11.3 Å². The van der Waals surface area contributed by atoms with Gasteiger partial charge in [0.1, 0.15) is 5.03 Å². The predicted octanol–water partition coefficient (Wildman–Crippen LogP) is 4.41. The molecular formula is C12H18N2S2. The maximum Gasteiger partial charge on any atom is 0.194 e. The van der Waals surface area contributed by atoms with Crippen molar-refractivity contribution in [1.82, 2.24) is 9.38 Å². The minimum absolute atomic E-state index is 0.575. The Kier molecular flexibility index (Phi) is 3.60. The minimum atomic E-state index is 0.575. The van der Waals surface area contributed by atoms with Crippen LogP contribution in [0.3, 0.4) is 0 Å². The Labute approximate surface area is 105 Å². The van der Waals surface area contributed by atoms with Gasteiger partial charge >= 0.3 is 0 Å². The lowest BCUT2D eigenvalue weighted by Gasteiger charge is -2.11. The molecule has 1 unspecified atom stereocenters. The molecule has 2 rings (SSSR count). The van der Waals surface area contributed by atoms with Gasteiger partial charge in [-0.2, -0.15) is 0 Å². The highest BCUT2D eigenvalue weighted by Gasteiger charge is 2.18. The summed E-state index contributed by atoms with van der Waals surface area (Å²) in [5, 5.41) is 3.92. The van der Waals surface area contributed by atoms with E-state index in [9.17, 15) is 0 Å². The largest absolute Gasteiger partial charge is 0.293 e. The number of imidazole rings is 1. The summed E-state index contributed by atoms with van der Waals surface area (Å²) in [6.07, 6.45) is 3.30. The molecule has 0 amide bonds. The topological polar surface area (TPSA) is 17.3 Å². The lowest BCUT2D eigenvalue weighted by Crippen LogP contribution is -1.99. The van der Waals surface area contributed by atoms with Crippen molar-refractivity contribution >= 4 is 28.1 Å². The van der Waals surface area contributed by atoms with E-state index in [1.807, 2.05) is 11.8 Å². The van der Waals surface area contributed by atoms with Crippen molar-refractivity contribution in [3.8, 4) is 0 Å². The van der Waals surface area contributed by atoms with E-state index in [2.05, 4.69) is 43.7 Å². The molecule has 2 aromatic rings. The first-order valence-corrected chi connectivity index (χ1v) is 7.51. The Morgan fingerprint density at radius 2 is 2.19 bits per heavy atom. The third kappa shape index (κ3) is 2.13. The van der Waals surface area contributed by atoms with Crippen molar-refractivity contribution in [3.05, 3.63) is 17.3 Å². The van der Waals surface area contributed by atoms with Crippen molar-refractivity contribution in [1.29, 1.82) is 0 Å². The van der Waals surface area contributed by atoms with Crippen LogP contribution in [0.2, 0.25) is 0 Å². The lowest BCUT2D eigenvalue weighted by molar-refractivity contribution is 0.684. The average molecular weight is 254 g/mol. The first kappa shape index (κ1) is 12.0.